The van der Waals surface area contributed by atoms with Crippen molar-refractivity contribution < 1.29 is 33.0 Å². The van der Waals surface area contributed by atoms with Crippen LogP contribution in [0.2, 0.25) is 0 Å². The van der Waals surface area contributed by atoms with E-state index in [0.29, 0.717) is 11.3 Å². The molecule has 0 aliphatic carbocycles. The van der Waals surface area contributed by atoms with E-state index in [2.05, 4.69) is 5.32 Å². The quantitative estimate of drug-likeness (QED) is 0.532. The van der Waals surface area contributed by atoms with Crippen molar-refractivity contribution in [3.63, 3.8) is 0 Å². The van der Waals surface area contributed by atoms with Gasteiger partial charge in [0.1, 0.15) is 35.6 Å². The van der Waals surface area contributed by atoms with Gasteiger partial charge in [-0.15, -0.1) is 0 Å². The number of amides is 3. The van der Waals surface area contributed by atoms with Gasteiger partial charge in [0.25, 0.3) is 5.91 Å². The number of Topliss-reactive ketones (excluding diaryl/α,β-unsaturated/α-hetero) is 1. The van der Waals surface area contributed by atoms with Crippen LogP contribution in [0, 0.1) is 11.6 Å². The van der Waals surface area contributed by atoms with Crippen LogP contribution in [0.3, 0.4) is 0 Å². The molecule has 0 bridgehead atoms. The Morgan fingerprint density at radius 1 is 1.20 bits per heavy atom. The van der Waals surface area contributed by atoms with Crippen molar-refractivity contribution >= 4 is 17.7 Å². The molecule has 0 spiro atoms. The minimum atomic E-state index is -1.80. The lowest BCUT2D eigenvalue weighted by atomic mass is 9.91. The first-order valence-corrected chi connectivity index (χ1v) is 9.13. The minimum Gasteiger partial charge on any atom is -0.491 e. The van der Waals surface area contributed by atoms with Crippen LogP contribution in [0.15, 0.2) is 42.5 Å². The minimum absolute atomic E-state index is 0.0991. The molecule has 2 aromatic carbocycles. The van der Waals surface area contributed by atoms with Crippen LogP contribution in [0.25, 0.3) is 0 Å². The summed E-state index contributed by atoms with van der Waals surface area (Å²) in [7, 11) is 0. The normalized spacial score (nSPS) is 19.6. The average molecular weight is 418 g/mol. The van der Waals surface area contributed by atoms with Gasteiger partial charge in [-0.25, -0.2) is 13.6 Å². The van der Waals surface area contributed by atoms with Gasteiger partial charge < -0.3 is 15.2 Å². The SMILES string of the molecule is CC(=O)c1ccc(OC[C@H](O)CN2C(=O)N[C@](C)(c3cc(F)ccc3F)C2=O)cc1. The second-order valence-corrected chi connectivity index (χ2v) is 7.14. The molecular formula is C21H20F2N2O5. The van der Waals surface area contributed by atoms with Crippen LogP contribution in [0.4, 0.5) is 13.6 Å². The first kappa shape index (κ1) is 21.4. The summed E-state index contributed by atoms with van der Waals surface area (Å²) in [5, 5.41) is 12.6. The van der Waals surface area contributed by atoms with Crippen molar-refractivity contribution in [1.29, 1.82) is 0 Å². The Morgan fingerprint density at radius 2 is 1.87 bits per heavy atom. The van der Waals surface area contributed by atoms with Gasteiger partial charge in [-0.05, 0) is 56.3 Å². The second kappa shape index (κ2) is 8.19. The van der Waals surface area contributed by atoms with Gasteiger partial charge >= 0.3 is 6.03 Å². The molecule has 1 fully saturated rings. The van der Waals surface area contributed by atoms with Crippen LogP contribution >= 0.6 is 0 Å². The standard InChI is InChI=1S/C21H20F2N2O5/c1-12(26)13-3-6-16(7-4-13)30-11-15(27)10-25-19(28)21(2,24-20(25)29)17-9-14(22)5-8-18(17)23/h3-9,15,27H,10-11H2,1-2H3,(H,24,29)/t15-,21-/m1/s1. The number of nitrogens with one attached hydrogen (secondary N) is 1. The number of carbonyl (C=O) groups is 3. The maximum Gasteiger partial charge on any atom is 0.325 e. The first-order chi connectivity index (χ1) is 14.1. The zero-order chi connectivity index (χ0) is 22.1. The highest BCUT2D eigenvalue weighted by atomic mass is 19.1. The average Bonchev–Trinajstić information content (AvgIpc) is 2.92. The molecule has 1 saturated heterocycles. The number of β-amino-alcohol motifs (C(OH)–C–C–N with tert-alkyl or cyclic N) is 1. The molecule has 3 rings (SSSR count). The summed E-state index contributed by atoms with van der Waals surface area (Å²) >= 11 is 0. The number of benzene rings is 2. The summed E-state index contributed by atoms with van der Waals surface area (Å²) in [6, 6.07) is 8.05. The van der Waals surface area contributed by atoms with Crippen molar-refractivity contribution in [2.75, 3.05) is 13.2 Å². The fourth-order valence-electron chi connectivity index (χ4n) is 3.17. The summed E-state index contributed by atoms with van der Waals surface area (Å²) in [6.45, 7) is 2.07. The fraction of sp³-hybridized carbons (Fsp3) is 0.286. The van der Waals surface area contributed by atoms with Crippen LogP contribution < -0.4 is 10.1 Å². The Balaban J connectivity index is 1.66. The summed E-state index contributed by atoms with van der Waals surface area (Å²) in [5.41, 5.74) is -1.60. The van der Waals surface area contributed by atoms with Crippen molar-refractivity contribution in [3.05, 3.63) is 65.2 Å². The second-order valence-electron chi connectivity index (χ2n) is 7.14. The molecule has 2 atom stereocenters. The van der Waals surface area contributed by atoms with Gasteiger partial charge in [-0.3, -0.25) is 14.5 Å². The van der Waals surface area contributed by atoms with E-state index in [9.17, 15) is 28.3 Å². The number of halogens is 2. The molecule has 3 amide bonds. The molecule has 1 heterocycles. The van der Waals surface area contributed by atoms with E-state index in [1.807, 2.05) is 0 Å². The van der Waals surface area contributed by atoms with Gasteiger partial charge in [0, 0.05) is 11.1 Å². The summed E-state index contributed by atoms with van der Waals surface area (Å²) in [4.78, 5) is 37.1. The number of nitrogens with zero attached hydrogens (tertiary/aromatic N) is 1. The van der Waals surface area contributed by atoms with E-state index in [1.54, 1.807) is 24.3 Å². The number of urea groups is 1. The molecule has 0 aromatic heterocycles. The summed E-state index contributed by atoms with van der Waals surface area (Å²) in [6.07, 6.45) is -1.23. The Hall–Kier alpha value is -3.33. The van der Waals surface area contributed by atoms with Crippen LogP contribution in [-0.2, 0) is 10.3 Å². The molecule has 30 heavy (non-hydrogen) atoms. The van der Waals surface area contributed by atoms with Crippen LogP contribution in [-0.4, -0.2) is 47.0 Å². The molecule has 0 saturated carbocycles. The number of hydrogen-bond donors (Lipinski definition) is 2. The van der Waals surface area contributed by atoms with Gasteiger partial charge in [0.2, 0.25) is 0 Å². The Morgan fingerprint density at radius 3 is 2.50 bits per heavy atom. The highest BCUT2D eigenvalue weighted by Crippen LogP contribution is 2.31. The molecule has 7 nitrogen and oxygen atoms in total. The molecule has 2 aromatic rings. The number of rotatable bonds is 7. The highest BCUT2D eigenvalue weighted by Gasteiger charge is 2.50. The molecule has 0 unspecified atom stereocenters. The number of hydrogen-bond acceptors (Lipinski definition) is 5. The number of carbonyl (C=O) groups excluding carboxylic acids is 3. The van der Waals surface area contributed by atoms with Crippen LogP contribution in [0.1, 0.15) is 29.8 Å². The van der Waals surface area contributed by atoms with E-state index < -0.39 is 41.8 Å². The van der Waals surface area contributed by atoms with Crippen molar-refractivity contribution in [3.8, 4) is 5.75 Å². The highest BCUT2D eigenvalue weighted by molar-refractivity contribution is 6.07. The number of imide groups is 1. The Bertz CT molecular complexity index is 995. The van der Waals surface area contributed by atoms with Gasteiger partial charge in [-0.1, -0.05) is 0 Å². The first-order valence-electron chi connectivity index (χ1n) is 9.13. The number of ketones is 1. The molecular weight excluding hydrogens is 398 g/mol. The monoisotopic (exact) mass is 418 g/mol. The molecule has 2 N–H and O–H groups in total. The predicted octanol–water partition coefficient (Wildman–Crippen LogP) is 2.37. The predicted molar refractivity (Wildman–Crippen MR) is 102 cm³/mol. The largest absolute Gasteiger partial charge is 0.491 e. The summed E-state index contributed by atoms with van der Waals surface area (Å²) < 4.78 is 33.1. The molecule has 1 aliphatic heterocycles. The van der Waals surface area contributed by atoms with Crippen molar-refractivity contribution in [1.82, 2.24) is 10.2 Å². The maximum absolute atomic E-state index is 14.2. The fourth-order valence-corrected chi connectivity index (χ4v) is 3.17. The summed E-state index contributed by atoms with van der Waals surface area (Å²) in [5.74, 6) is -2.12. The van der Waals surface area contributed by atoms with Crippen molar-refractivity contribution in [2.45, 2.75) is 25.5 Å². The lowest BCUT2D eigenvalue weighted by molar-refractivity contribution is -0.132. The number of aliphatic hydroxyl groups excluding tert-OH is 1. The third-order valence-electron chi connectivity index (χ3n) is 4.84. The Kier molecular flexibility index (Phi) is 5.84. The smallest absolute Gasteiger partial charge is 0.325 e. The molecule has 9 heteroatoms. The van der Waals surface area contributed by atoms with E-state index in [-0.39, 0.29) is 18.0 Å². The van der Waals surface area contributed by atoms with E-state index in [1.165, 1.54) is 13.8 Å². The lowest BCUT2D eigenvalue weighted by Crippen LogP contribution is -2.43. The van der Waals surface area contributed by atoms with Gasteiger partial charge in [0.05, 0.1) is 6.54 Å². The Labute approximate surface area is 171 Å². The zero-order valence-electron chi connectivity index (χ0n) is 16.3. The molecule has 158 valence electrons. The van der Waals surface area contributed by atoms with Crippen LogP contribution in [0.5, 0.6) is 5.75 Å². The number of ether oxygens (including phenoxy) is 1. The number of aliphatic hydroxyl groups is 1. The zero-order valence-corrected chi connectivity index (χ0v) is 16.3. The van der Waals surface area contributed by atoms with Gasteiger partial charge in [0.15, 0.2) is 5.78 Å². The topological polar surface area (TPSA) is 95.9 Å². The van der Waals surface area contributed by atoms with E-state index in [0.717, 1.165) is 23.1 Å². The van der Waals surface area contributed by atoms with E-state index in [4.69, 9.17) is 4.74 Å². The van der Waals surface area contributed by atoms with Crippen molar-refractivity contribution in [2.24, 2.45) is 0 Å². The van der Waals surface area contributed by atoms with E-state index >= 15 is 0 Å². The lowest BCUT2D eigenvalue weighted by Gasteiger charge is -2.23. The molecule has 1 aliphatic rings. The third-order valence-corrected chi connectivity index (χ3v) is 4.84. The third kappa shape index (κ3) is 4.16. The maximum atomic E-state index is 14.2. The molecule has 0 radical (unpaired) electrons. The van der Waals surface area contributed by atoms with Gasteiger partial charge in [-0.2, -0.15) is 0 Å².